The maximum atomic E-state index is 14.2. The Morgan fingerprint density at radius 2 is 1.93 bits per heavy atom. The number of carboxylic acid groups (broad SMARTS) is 1. The van der Waals surface area contributed by atoms with Gasteiger partial charge in [-0.1, -0.05) is 18.2 Å². The van der Waals surface area contributed by atoms with Crippen molar-refractivity contribution in [2.75, 3.05) is 0 Å². The maximum Gasteiger partial charge on any atom is 0.387 e. The molecule has 3 aromatic heterocycles. The first-order chi connectivity index (χ1) is 21.2. The molecular weight excluding hydrogens is 600 g/mol. The van der Waals surface area contributed by atoms with Crippen molar-refractivity contribution in [1.82, 2.24) is 14.1 Å². The Balaban J connectivity index is 1.41. The average Bonchev–Trinajstić information content (AvgIpc) is 3.27. The molecule has 1 aliphatic carbocycles. The lowest BCUT2D eigenvalue weighted by Crippen LogP contribution is -2.49. The first-order valence-electron chi connectivity index (χ1n) is 14.4. The van der Waals surface area contributed by atoms with Crippen LogP contribution in [0.2, 0.25) is 0 Å². The summed E-state index contributed by atoms with van der Waals surface area (Å²) in [7, 11) is 0. The van der Waals surface area contributed by atoms with E-state index in [-0.39, 0.29) is 59.6 Å². The quantitative estimate of drug-likeness (QED) is 0.262. The topological polar surface area (TPSA) is 135 Å². The number of benzene rings is 1. The minimum absolute atomic E-state index is 0.0249. The second-order valence-electron chi connectivity index (χ2n) is 11.5. The highest BCUT2D eigenvalue weighted by molar-refractivity contribution is 7.22. The Morgan fingerprint density at radius 1 is 1.20 bits per heavy atom. The van der Waals surface area contributed by atoms with Crippen LogP contribution in [0.15, 0.2) is 50.7 Å². The highest BCUT2D eigenvalue weighted by Gasteiger charge is 2.55. The fourth-order valence-corrected chi connectivity index (χ4v) is 7.80. The molecule has 3 aliphatic rings. The van der Waals surface area contributed by atoms with Gasteiger partial charge < -0.3 is 23.7 Å². The molecule has 2 saturated heterocycles. The Kier molecular flexibility index (Phi) is 7.17. The number of hydrogen-bond acceptors (Lipinski definition) is 9. The van der Waals surface area contributed by atoms with Gasteiger partial charge in [-0.25, -0.2) is 19.1 Å². The summed E-state index contributed by atoms with van der Waals surface area (Å²) in [4.78, 5) is 45.5. The number of ether oxygens (including phenoxy) is 3. The predicted octanol–water partition coefficient (Wildman–Crippen LogP) is 4.83. The molecule has 4 atom stereocenters. The molecule has 0 amide bonds. The van der Waals surface area contributed by atoms with E-state index >= 15 is 0 Å². The molecule has 3 fully saturated rings. The predicted molar refractivity (Wildman–Crippen MR) is 153 cm³/mol. The van der Waals surface area contributed by atoms with E-state index in [0.717, 1.165) is 28.7 Å². The minimum Gasteiger partial charge on any atom is -0.479 e. The van der Waals surface area contributed by atoms with Gasteiger partial charge in [-0.15, -0.1) is 11.3 Å². The van der Waals surface area contributed by atoms with Gasteiger partial charge in [0.05, 0.1) is 41.3 Å². The third-order valence-corrected chi connectivity index (χ3v) is 10.1. The fourth-order valence-electron chi connectivity index (χ4n) is 6.56. The summed E-state index contributed by atoms with van der Waals surface area (Å²) < 4.78 is 52.1. The molecule has 1 aromatic carbocycles. The fraction of sp³-hybridized carbons (Fsp3) is 0.467. The summed E-state index contributed by atoms with van der Waals surface area (Å²) in [5.41, 5.74) is -2.43. The molecule has 232 valence electrons. The van der Waals surface area contributed by atoms with E-state index < -0.39 is 35.5 Å². The lowest BCUT2D eigenvalue weighted by Gasteiger charge is -2.32. The summed E-state index contributed by atoms with van der Waals surface area (Å²) in [6.45, 7) is -1.61. The normalized spacial score (nSPS) is 22.9. The first-order valence-corrected chi connectivity index (χ1v) is 15.2. The molecule has 14 heteroatoms. The van der Waals surface area contributed by atoms with Crippen LogP contribution < -0.4 is 16.0 Å². The third kappa shape index (κ3) is 4.85. The largest absolute Gasteiger partial charge is 0.479 e. The van der Waals surface area contributed by atoms with E-state index in [4.69, 9.17) is 18.6 Å². The van der Waals surface area contributed by atoms with Crippen molar-refractivity contribution < 1.29 is 37.3 Å². The number of carboxylic acids is 1. The van der Waals surface area contributed by atoms with E-state index in [9.17, 15) is 28.3 Å². The number of para-hydroxylation sites is 1. The molecule has 5 heterocycles. The van der Waals surface area contributed by atoms with Crippen molar-refractivity contribution in [3.05, 3.63) is 68.7 Å². The van der Waals surface area contributed by atoms with Gasteiger partial charge >= 0.3 is 18.3 Å². The number of alkyl halides is 2. The van der Waals surface area contributed by atoms with Crippen molar-refractivity contribution in [3.63, 3.8) is 0 Å². The van der Waals surface area contributed by atoms with Crippen LogP contribution in [0, 0.1) is 6.92 Å². The van der Waals surface area contributed by atoms with Crippen molar-refractivity contribution in [1.29, 1.82) is 0 Å². The van der Waals surface area contributed by atoms with Crippen LogP contribution >= 0.6 is 11.3 Å². The zero-order chi connectivity index (χ0) is 30.7. The van der Waals surface area contributed by atoms with Crippen LogP contribution in [0.1, 0.15) is 55.8 Å². The summed E-state index contributed by atoms with van der Waals surface area (Å²) in [5, 5.41) is 10.3. The lowest BCUT2D eigenvalue weighted by molar-refractivity contribution is -0.142. The highest BCUT2D eigenvalue weighted by Crippen LogP contribution is 2.44. The van der Waals surface area contributed by atoms with Gasteiger partial charge in [0.15, 0.2) is 0 Å². The van der Waals surface area contributed by atoms with Crippen LogP contribution in [-0.2, 0) is 26.4 Å². The zero-order valence-electron chi connectivity index (χ0n) is 23.6. The molecular formula is C30H29F2N3O8S. The number of rotatable bonds is 10. The molecule has 1 N–H and O–H groups in total. The van der Waals surface area contributed by atoms with Gasteiger partial charge in [0.2, 0.25) is 5.89 Å². The van der Waals surface area contributed by atoms with Gasteiger partial charge in [-0.3, -0.25) is 9.36 Å². The summed E-state index contributed by atoms with van der Waals surface area (Å²) >= 11 is 1.11. The summed E-state index contributed by atoms with van der Waals surface area (Å²) in [5.74, 6) is -1.13. The number of carbonyl (C=O) groups is 1. The van der Waals surface area contributed by atoms with Crippen LogP contribution in [0.4, 0.5) is 8.78 Å². The maximum absolute atomic E-state index is 14.2. The number of aromatic nitrogens is 3. The molecule has 2 aliphatic heterocycles. The van der Waals surface area contributed by atoms with Crippen molar-refractivity contribution in [2.45, 2.75) is 88.6 Å². The smallest absolute Gasteiger partial charge is 0.387 e. The van der Waals surface area contributed by atoms with Gasteiger partial charge in [0.25, 0.3) is 5.56 Å². The van der Waals surface area contributed by atoms with E-state index in [1.54, 1.807) is 25.1 Å². The number of fused-ring (bicyclic) bond motifs is 3. The number of nitrogens with zero attached hydrogens (tertiary/aromatic N) is 3. The second-order valence-corrected chi connectivity index (χ2v) is 12.5. The molecule has 1 saturated carbocycles. The van der Waals surface area contributed by atoms with Crippen molar-refractivity contribution in [2.24, 2.45) is 0 Å². The number of hydrogen-bond donors (Lipinski definition) is 1. The molecule has 11 nitrogen and oxygen atoms in total. The standard InChI is InChI=1S/C30H29F2N3O8S/c1-15-22-25(36)35(30(8-9-30)27(37)38)29(39)34(26(22)44-23(15)24-33-10-11-40-24)14-21(19-4-2-3-5-20(19)43-28(31)32)42-18-12-16-6-7-17(13-18)41-16/h2-5,10-11,16-18,21,28H,6-9,12-14H2,1H3,(H,37,38)/t16-,17+,18-,21-/m0/s1. The highest BCUT2D eigenvalue weighted by atomic mass is 32.1. The number of halogens is 2. The Hall–Kier alpha value is -3.88. The van der Waals surface area contributed by atoms with Crippen LogP contribution in [0.5, 0.6) is 5.75 Å². The summed E-state index contributed by atoms with van der Waals surface area (Å²) in [6, 6.07) is 6.24. The van der Waals surface area contributed by atoms with Gasteiger partial charge in [0, 0.05) is 5.56 Å². The zero-order valence-corrected chi connectivity index (χ0v) is 24.4. The Bertz CT molecular complexity index is 1830. The molecule has 0 spiro atoms. The summed E-state index contributed by atoms with van der Waals surface area (Å²) in [6.07, 6.45) is 4.89. The van der Waals surface area contributed by atoms with E-state index in [1.807, 2.05) is 0 Å². The average molecular weight is 630 g/mol. The lowest BCUT2D eigenvalue weighted by atomic mass is 10.0. The third-order valence-electron chi connectivity index (χ3n) is 8.82. The van der Waals surface area contributed by atoms with Gasteiger partial charge in [0.1, 0.15) is 28.5 Å². The van der Waals surface area contributed by atoms with E-state index in [1.165, 1.54) is 23.1 Å². The number of thiophene rings is 1. The number of oxazole rings is 1. The molecule has 0 radical (unpaired) electrons. The Morgan fingerprint density at radius 3 is 2.57 bits per heavy atom. The molecule has 2 bridgehead atoms. The van der Waals surface area contributed by atoms with Gasteiger partial charge in [-0.2, -0.15) is 8.78 Å². The molecule has 0 unspecified atom stereocenters. The SMILES string of the molecule is Cc1c(-c2ncco2)sc2c1c(=O)n(C1(C(=O)O)CC1)c(=O)n2C[C@H](O[C@@H]1C[C@H]2CC[C@@H](C1)O2)c1ccccc1OC(F)F. The van der Waals surface area contributed by atoms with Crippen LogP contribution in [-0.4, -0.2) is 50.1 Å². The van der Waals surface area contributed by atoms with Crippen LogP contribution in [0.3, 0.4) is 0 Å². The van der Waals surface area contributed by atoms with E-state index in [0.29, 0.717) is 28.8 Å². The second kappa shape index (κ2) is 10.9. The van der Waals surface area contributed by atoms with Crippen molar-refractivity contribution in [3.8, 4) is 16.5 Å². The minimum atomic E-state index is -3.10. The molecule has 7 rings (SSSR count). The Labute approximate surface area is 252 Å². The van der Waals surface area contributed by atoms with Crippen molar-refractivity contribution >= 4 is 27.5 Å². The van der Waals surface area contributed by atoms with E-state index in [2.05, 4.69) is 4.98 Å². The molecule has 44 heavy (non-hydrogen) atoms. The van der Waals surface area contributed by atoms with Crippen LogP contribution in [0.25, 0.3) is 21.0 Å². The first kappa shape index (κ1) is 28.9. The number of aryl methyl sites for hydroxylation is 1. The monoisotopic (exact) mass is 629 g/mol. The molecule has 4 aromatic rings. The number of aliphatic carboxylic acids is 1. The van der Waals surface area contributed by atoms with Gasteiger partial charge in [-0.05, 0) is 57.1 Å².